The van der Waals surface area contributed by atoms with E-state index in [2.05, 4.69) is 24.4 Å². The number of carbonyl (C=O) groups is 1. The summed E-state index contributed by atoms with van der Waals surface area (Å²) < 4.78 is 5.40. The summed E-state index contributed by atoms with van der Waals surface area (Å²) in [5, 5.41) is 3.05. The van der Waals surface area contributed by atoms with Gasteiger partial charge in [-0.15, -0.1) is 0 Å². The molecule has 1 saturated carbocycles. The Bertz CT molecular complexity index is 534. The topological polar surface area (TPSA) is 38.3 Å². The highest BCUT2D eigenvalue weighted by Crippen LogP contribution is 2.52. The van der Waals surface area contributed by atoms with E-state index in [0.717, 1.165) is 24.3 Å². The number of rotatable bonds is 4. The number of benzene rings is 1. The van der Waals surface area contributed by atoms with Crippen LogP contribution in [0.15, 0.2) is 36.4 Å². The maximum Gasteiger partial charge on any atom is 0.230 e. The Kier molecular flexibility index (Phi) is 3.28. The summed E-state index contributed by atoms with van der Waals surface area (Å²) in [6.07, 6.45) is 6.58. The molecule has 0 radical (unpaired) electrons. The predicted octanol–water partition coefficient (Wildman–Crippen LogP) is 3.63. The van der Waals surface area contributed by atoms with Gasteiger partial charge in [-0.1, -0.05) is 19.1 Å². The Hall–Kier alpha value is -1.77. The van der Waals surface area contributed by atoms with Crippen LogP contribution in [0.25, 0.3) is 0 Å². The van der Waals surface area contributed by atoms with Gasteiger partial charge in [0.15, 0.2) is 0 Å². The Balaban J connectivity index is 1.68. The molecule has 2 aliphatic carbocycles. The minimum Gasteiger partial charge on any atom is -0.494 e. The van der Waals surface area contributed by atoms with Gasteiger partial charge in [-0.25, -0.2) is 0 Å². The van der Waals surface area contributed by atoms with Gasteiger partial charge >= 0.3 is 0 Å². The highest BCUT2D eigenvalue weighted by molar-refractivity contribution is 5.96. The van der Waals surface area contributed by atoms with Gasteiger partial charge in [0.1, 0.15) is 5.75 Å². The molecule has 1 amide bonds. The summed E-state index contributed by atoms with van der Waals surface area (Å²) in [5.74, 6) is 1.96. The molecule has 0 heterocycles. The smallest absolute Gasteiger partial charge is 0.230 e. The van der Waals surface area contributed by atoms with Crippen LogP contribution < -0.4 is 10.1 Å². The molecular formula is C17H21NO2. The third-order valence-electron chi connectivity index (χ3n) is 4.62. The van der Waals surface area contributed by atoms with E-state index in [-0.39, 0.29) is 11.3 Å². The van der Waals surface area contributed by atoms with Crippen LogP contribution in [-0.4, -0.2) is 12.5 Å². The number of ether oxygens (including phenoxy) is 1. The van der Waals surface area contributed by atoms with E-state index >= 15 is 0 Å². The molecule has 3 rings (SSSR count). The van der Waals surface area contributed by atoms with Crippen LogP contribution in [-0.2, 0) is 4.79 Å². The average molecular weight is 271 g/mol. The predicted molar refractivity (Wildman–Crippen MR) is 79.7 cm³/mol. The van der Waals surface area contributed by atoms with Crippen LogP contribution in [0.3, 0.4) is 0 Å². The lowest BCUT2D eigenvalue weighted by Gasteiger charge is -2.29. The number of allylic oxidation sites excluding steroid dienone is 2. The van der Waals surface area contributed by atoms with Crippen molar-refractivity contribution in [3.8, 4) is 5.75 Å². The lowest BCUT2D eigenvalue weighted by atomic mass is 9.77. The summed E-state index contributed by atoms with van der Waals surface area (Å²) >= 11 is 0. The third-order valence-corrected chi connectivity index (χ3v) is 4.62. The van der Waals surface area contributed by atoms with Gasteiger partial charge in [0.25, 0.3) is 0 Å². The van der Waals surface area contributed by atoms with E-state index in [0.29, 0.717) is 18.4 Å². The maximum atomic E-state index is 12.6. The van der Waals surface area contributed by atoms with Crippen LogP contribution >= 0.6 is 0 Å². The Morgan fingerprint density at radius 2 is 2.10 bits per heavy atom. The van der Waals surface area contributed by atoms with Crippen LogP contribution in [0.4, 0.5) is 5.69 Å². The highest BCUT2D eigenvalue weighted by atomic mass is 16.5. The van der Waals surface area contributed by atoms with Crippen molar-refractivity contribution in [1.29, 1.82) is 0 Å². The van der Waals surface area contributed by atoms with E-state index in [1.54, 1.807) is 0 Å². The summed E-state index contributed by atoms with van der Waals surface area (Å²) in [4.78, 5) is 12.6. The molecule has 1 aromatic carbocycles. The monoisotopic (exact) mass is 271 g/mol. The van der Waals surface area contributed by atoms with Crippen LogP contribution in [0.1, 0.15) is 26.7 Å². The Labute approximate surface area is 120 Å². The van der Waals surface area contributed by atoms with Crippen molar-refractivity contribution in [1.82, 2.24) is 0 Å². The highest BCUT2D eigenvalue weighted by Gasteiger charge is 2.49. The number of anilines is 1. The molecule has 3 atom stereocenters. The fraction of sp³-hybridized carbons (Fsp3) is 0.471. The first-order valence-corrected chi connectivity index (χ1v) is 7.34. The van der Waals surface area contributed by atoms with Gasteiger partial charge in [0.2, 0.25) is 5.91 Å². The van der Waals surface area contributed by atoms with Gasteiger partial charge in [0, 0.05) is 5.69 Å². The van der Waals surface area contributed by atoms with Gasteiger partial charge in [-0.3, -0.25) is 4.79 Å². The van der Waals surface area contributed by atoms with Crippen molar-refractivity contribution in [3.05, 3.63) is 36.4 Å². The number of fused-ring (bicyclic) bond motifs is 2. The molecule has 106 valence electrons. The van der Waals surface area contributed by atoms with Crippen LogP contribution in [0.2, 0.25) is 0 Å². The van der Waals surface area contributed by atoms with Gasteiger partial charge in [-0.2, -0.15) is 0 Å². The maximum absolute atomic E-state index is 12.6. The van der Waals surface area contributed by atoms with Crippen molar-refractivity contribution in [2.45, 2.75) is 26.7 Å². The largest absolute Gasteiger partial charge is 0.494 e. The van der Waals surface area contributed by atoms with Gasteiger partial charge in [-0.05, 0) is 55.9 Å². The Morgan fingerprint density at radius 1 is 1.35 bits per heavy atom. The second-order valence-electron chi connectivity index (χ2n) is 6.02. The first-order chi connectivity index (χ1) is 9.61. The molecule has 1 N–H and O–H groups in total. The van der Waals surface area contributed by atoms with Crippen molar-refractivity contribution >= 4 is 11.6 Å². The third kappa shape index (κ3) is 2.21. The van der Waals surface area contributed by atoms with Gasteiger partial charge in [0.05, 0.1) is 12.0 Å². The summed E-state index contributed by atoms with van der Waals surface area (Å²) in [7, 11) is 0. The first kappa shape index (κ1) is 13.2. The van der Waals surface area contributed by atoms with E-state index in [1.807, 2.05) is 31.2 Å². The lowest BCUT2D eigenvalue weighted by molar-refractivity contribution is -0.126. The molecule has 0 saturated heterocycles. The molecule has 0 spiro atoms. The quantitative estimate of drug-likeness (QED) is 0.849. The fourth-order valence-electron chi connectivity index (χ4n) is 3.43. The van der Waals surface area contributed by atoms with E-state index in [9.17, 15) is 4.79 Å². The standard InChI is InChI=1S/C17H21NO2/c1-3-20-15-8-6-14(7-9-15)18-16(19)17(2)11-12-4-5-13(17)10-12/h4-9,12-13H,3,10-11H2,1-2H3,(H,18,19)/t12-,13-,17+/m0/s1. The molecule has 0 unspecified atom stereocenters. The minimum atomic E-state index is -0.252. The van der Waals surface area contributed by atoms with Crippen molar-refractivity contribution in [2.24, 2.45) is 17.3 Å². The molecular weight excluding hydrogens is 250 g/mol. The zero-order chi connectivity index (χ0) is 14.2. The van der Waals surface area contributed by atoms with Gasteiger partial charge < -0.3 is 10.1 Å². The number of carbonyl (C=O) groups excluding carboxylic acids is 1. The molecule has 3 nitrogen and oxygen atoms in total. The number of hydrogen-bond donors (Lipinski definition) is 1. The van der Waals surface area contributed by atoms with E-state index in [4.69, 9.17) is 4.74 Å². The van der Waals surface area contributed by atoms with E-state index < -0.39 is 0 Å². The van der Waals surface area contributed by atoms with Crippen molar-refractivity contribution in [3.63, 3.8) is 0 Å². The molecule has 0 aromatic heterocycles. The van der Waals surface area contributed by atoms with Crippen molar-refractivity contribution in [2.75, 3.05) is 11.9 Å². The molecule has 2 bridgehead atoms. The molecule has 0 aliphatic heterocycles. The fourth-order valence-corrected chi connectivity index (χ4v) is 3.43. The Morgan fingerprint density at radius 3 is 2.65 bits per heavy atom. The molecule has 2 aliphatic rings. The molecule has 1 fully saturated rings. The normalized spacial score (nSPS) is 30.5. The average Bonchev–Trinajstić information content (AvgIpc) is 3.02. The molecule has 3 heteroatoms. The van der Waals surface area contributed by atoms with Crippen LogP contribution in [0, 0.1) is 17.3 Å². The summed E-state index contributed by atoms with van der Waals surface area (Å²) in [6, 6.07) is 7.58. The number of hydrogen-bond acceptors (Lipinski definition) is 2. The SMILES string of the molecule is CCOc1ccc(NC(=O)[C@]2(C)C[C@H]3C=C[C@H]2C3)cc1. The zero-order valence-corrected chi connectivity index (χ0v) is 12.1. The zero-order valence-electron chi connectivity index (χ0n) is 12.1. The second kappa shape index (κ2) is 4.97. The number of nitrogens with one attached hydrogen (secondary N) is 1. The summed E-state index contributed by atoms with van der Waals surface area (Å²) in [5.41, 5.74) is 0.587. The second-order valence-corrected chi connectivity index (χ2v) is 6.02. The van der Waals surface area contributed by atoms with Crippen LogP contribution in [0.5, 0.6) is 5.75 Å². The summed E-state index contributed by atoms with van der Waals surface area (Å²) in [6.45, 7) is 4.70. The minimum absolute atomic E-state index is 0.138. The van der Waals surface area contributed by atoms with Crippen molar-refractivity contribution < 1.29 is 9.53 Å². The number of amides is 1. The first-order valence-electron chi connectivity index (χ1n) is 7.34. The lowest BCUT2D eigenvalue weighted by Crippen LogP contribution is -2.36. The molecule has 1 aromatic rings. The van der Waals surface area contributed by atoms with E-state index in [1.165, 1.54) is 0 Å². The molecule has 20 heavy (non-hydrogen) atoms.